The third kappa shape index (κ3) is 2.00. The summed E-state index contributed by atoms with van der Waals surface area (Å²) in [6.45, 7) is 1.10. The van der Waals surface area contributed by atoms with Crippen molar-refractivity contribution in [1.29, 1.82) is 0 Å². The minimum absolute atomic E-state index is 0. The summed E-state index contributed by atoms with van der Waals surface area (Å²) in [6.07, 6.45) is 1.90. The molecule has 2 rings (SSSR count). The molecule has 0 unspecified atom stereocenters. The summed E-state index contributed by atoms with van der Waals surface area (Å²) in [6, 6.07) is 7.93. The van der Waals surface area contributed by atoms with Crippen molar-refractivity contribution in [1.82, 2.24) is 4.98 Å². The van der Waals surface area contributed by atoms with E-state index in [1.807, 2.05) is 30.5 Å². The Balaban J connectivity index is 0.000000980. The molecule has 0 bridgehead atoms. The van der Waals surface area contributed by atoms with Crippen LogP contribution in [0.25, 0.3) is 10.9 Å². The first-order chi connectivity index (χ1) is 6.42. The molecule has 2 aromatic rings. The van der Waals surface area contributed by atoms with Crippen molar-refractivity contribution in [2.75, 3.05) is 13.2 Å². The molecule has 0 saturated carbocycles. The molecule has 1 aromatic carbocycles. The van der Waals surface area contributed by atoms with Gasteiger partial charge in [-0.25, -0.2) is 0 Å². The van der Waals surface area contributed by atoms with Crippen molar-refractivity contribution in [3.8, 4) is 5.75 Å². The lowest BCUT2D eigenvalue weighted by atomic mass is 10.2. The molecule has 0 aliphatic carbocycles. The number of H-pyrrole nitrogens is 1. The van der Waals surface area contributed by atoms with Crippen molar-refractivity contribution in [2.45, 2.75) is 0 Å². The maximum Gasteiger partial charge on any atom is 0.128 e. The average molecular weight is 213 g/mol. The largest absolute Gasteiger partial charge is 0.492 e. The van der Waals surface area contributed by atoms with Gasteiger partial charge in [-0.1, -0.05) is 6.07 Å². The van der Waals surface area contributed by atoms with E-state index in [2.05, 4.69) is 4.98 Å². The Morgan fingerprint density at radius 3 is 2.93 bits per heavy atom. The zero-order valence-electron chi connectivity index (χ0n) is 7.69. The van der Waals surface area contributed by atoms with E-state index in [9.17, 15) is 0 Å². The summed E-state index contributed by atoms with van der Waals surface area (Å²) in [5.41, 5.74) is 6.46. The summed E-state index contributed by atoms with van der Waals surface area (Å²) in [4.78, 5) is 3.13. The van der Waals surface area contributed by atoms with Crippen molar-refractivity contribution in [3.05, 3.63) is 30.5 Å². The average Bonchev–Trinajstić information content (AvgIpc) is 2.62. The molecular formula is C10H13ClN2O. The minimum Gasteiger partial charge on any atom is -0.492 e. The number of nitrogens with one attached hydrogen (secondary N) is 1. The second-order valence-electron chi connectivity index (χ2n) is 2.83. The van der Waals surface area contributed by atoms with Crippen LogP contribution in [-0.4, -0.2) is 18.1 Å². The summed E-state index contributed by atoms with van der Waals surface area (Å²) >= 11 is 0. The molecule has 1 aromatic heterocycles. The third-order valence-electron chi connectivity index (χ3n) is 1.93. The van der Waals surface area contributed by atoms with Gasteiger partial charge in [-0.15, -0.1) is 12.4 Å². The highest BCUT2D eigenvalue weighted by atomic mass is 35.5. The van der Waals surface area contributed by atoms with Gasteiger partial charge in [-0.05, 0) is 18.2 Å². The van der Waals surface area contributed by atoms with Gasteiger partial charge in [-0.3, -0.25) is 0 Å². The number of aromatic amines is 1. The number of benzene rings is 1. The quantitative estimate of drug-likeness (QED) is 0.817. The molecule has 0 saturated heterocycles. The molecule has 0 aliphatic rings. The number of aromatic nitrogens is 1. The van der Waals surface area contributed by atoms with Crippen LogP contribution in [0.1, 0.15) is 0 Å². The first-order valence-electron chi connectivity index (χ1n) is 4.31. The smallest absolute Gasteiger partial charge is 0.128 e. The number of hydrogen-bond acceptors (Lipinski definition) is 2. The Kier molecular flexibility index (Phi) is 3.80. The van der Waals surface area contributed by atoms with Gasteiger partial charge in [0.25, 0.3) is 0 Å². The van der Waals surface area contributed by atoms with E-state index in [-0.39, 0.29) is 12.4 Å². The number of ether oxygens (including phenoxy) is 1. The topological polar surface area (TPSA) is 51.0 Å². The predicted octanol–water partition coefficient (Wildman–Crippen LogP) is 1.93. The highest BCUT2D eigenvalue weighted by Crippen LogP contribution is 2.23. The van der Waals surface area contributed by atoms with Crippen molar-refractivity contribution < 1.29 is 4.74 Å². The van der Waals surface area contributed by atoms with E-state index in [1.54, 1.807) is 0 Å². The molecule has 1 heterocycles. The number of fused-ring (bicyclic) bond motifs is 1. The Hall–Kier alpha value is -1.19. The number of hydrogen-bond donors (Lipinski definition) is 2. The van der Waals surface area contributed by atoms with Gasteiger partial charge in [0.15, 0.2) is 0 Å². The molecule has 14 heavy (non-hydrogen) atoms. The molecule has 0 atom stereocenters. The maximum absolute atomic E-state index is 5.48. The second-order valence-corrected chi connectivity index (χ2v) is 2.83. The van der Waals surface area contributed by atoms with Gasteiger partial charge in [0, 0.05) is 23.6 Å². The first kappa shape index (κ1) is 10.9. The van der Waals surface area contributed by atoms with Crippen LogP contribution in [-0.2, 0) is 0 Å². The van der Waals surface area contributed by atoms with Gasteiger partial charge in [0.05, 0.1) is 0 Å². The Morgan fingerprint density at radius 2 is 2.14 bits per heavy atom. The zero-order chi connectivity index (χ0) is 9.10. The van der Waals surface area contributed by atoms with Crippen molar-refractivity contribution in [2.24, 2.45) is 5.73 Å². The monoisotopic (exact) mass is 212 g/mol. The van der Waals surface area contributed by atoms with Crippen molar-refractivity contribution in [3.63, 3.8) is 0 Å². The zero-order valence-corrected chi connectivity index (χ0v) is 8.51. The molecule has 0 fully saturated rings. The molecule has 76 valence electrons. The van der Waals surface area contributed by atoms with Crippen LogP contribution in [0.4, 0.5) is 0 Å². The van der Waals surface area contributed by atoms with Crippen LogP contribution in [0.3, 0.4) is 0 Å². The van der Waals surface area contributed by atoms with Gasteiger partial charge >= 0.3 is 0 Å². The van der Waals surface area contributed by atoms with Crippen LogP contribution in [0.15, 0.2) is 30.5 Å². The normalized spacial score (nSPS) is 9.79. The SMILES string of the molecule is Cl.NCCOc1cccc2[nH]ccc12. The van der Waals surface area contributed by atoms with E-state index in [0.717, 1.165) is 16.7 Å². The summed E-state index contributed by atoms with van der Waals surface area (Å²) in [7, 11) is 0. The predicted molar refractivity (Wildman–Crippen MR) is 60.1 cm³/mol. The van der Waals surface area contributed by atoms with Crippen molar-refractivity contribution >= 4 is 23.3 Å². The van der Waals surface area contributed by atoms with Gasteiger partial charge in [0.2, 0.25) is 0 Å². The molecule has 0 spiro atoms. The maximum atomic E-state index is 5.48. The standard InChI is InChI=1S/C10H12N2O.ClH/c11-5-7-13-10-3-1-2-9-8(10)4-6-12-9;/h1-4,6,12H,5,7,11H2;1H. The van der Waals surface area contributed by atoms with Gasteiger partial charge in [-0.2, -0.15) is 0 Å². The molecular weight excluding hydrogens is 200 g/mol. The lowest BCUT2D eigenvalue weighted by Crippen LogP contribution is -2.10. The van der Waals surface area contributed by atoms with Gasteiger partial charge in [0.1, 0.15) is 12.4 Å². The molecule has 3 nitrogen and oxygen atoms in total. The molecule has 3 N–H and O–H groups in total. The fraction of sp³-hybridized carbons (Fsp3) is 0.200. The minimum atomic E-state index is 0. The number of nitrogens with two attached hydrogens (primary N) is 1. The van der Waals surface area contributed by atoms with Crippen LogP contribution in [0.5, 0.6) is 5.75 Å². The molecule has 4 heteroatoms. The fourth-order valence-corrected chi connectivity index (χ4v) is 1.35. The Labute approximate surface area is 88.7 Å². The summed E-state index contributed by atoms with van der Waals surface area (Å²) < 4.78 is 5.48. The molecule has 0 amide bonds. The lowest BCUT2D eigenvalue weighted by Gasteiger charge is -2.04. The van der Waals surface area contributed by atoms with E-state index in [4.69, 9.17) is 10.5 Å². The van der Waals surface area contributed by atoms with Crippen LogP contribution < -0.4 is 10.5 Å². The second kappa shape index (κ2) is 4.88. The van der Waals surface area contributed by atoms with Crippen LogP contribution >= 0.6 is 12.4 Å². The number of halogens is 1. The highest BCUT2D eigenvalue weighted by molar-refractivity contribution is 5.85. The molecule has 0 radical (unpaired) electrons. The fourth-order valence-electron chi connectivity index (χ4n) is 1.35. The number of rotatable bonds is 3. The lowest BCUT2D eigenvalue weighted by molar-refractivity contribution is 0.332. The van der Waals surface area contributed by atoms with E-state index < -0.39 is 0 Å². The third-order valence-corrected chi connectivity index (χ3v) is 1.93. The van der Waals surface area contributed by atoms with E-state index in [0.29, 0.717) is 13.2 Å². The van der Waals surface area contributed by atoms with Gasteiger partial charge < -0.3 is 15.5 Å². The van der Waals surface area contributed by atoms with E-state index in [1.165, 1.54) is 0 Å². The molecule has 0 aliphatic heterocycles. The summed E-state index contributed by atoms with van der Waals surface area (Å²) in [5.74, 6) is 0.893. The summed E-state index contributed by atoms with van der Waals surface area (Å²) in [5, 5.41) is 1.11. The van der Waals surface area contributed by atoms with Crippen LogP contribution in [0.2, 0.25) is 0 Å². The Bertz CT molecular complexity index is 400. The Morgan fingerprint density at radius 1 is 1.29 bits per heavy atom. The highest BCUT2D eigenvalue weighted by Gasteiger charge is 2.00. The van der Waals surface area contributed by atoms with Crippen LogP contribution in [0, 0.1) is 0 Å². The first-order valence-corrected chi connectivity index (χ1v) is 4.31. The van der Waals surface area contributed by atoms with E-state index >= 15 is 0 Å².